The number of fused-ring (bicyclic) bond motifs is 1. The lowest BCUT2D eigenvalue weighted by Gasteiger charge is -2.03. The molecule has 7 heteroatoms. The molecule has 24 heavy (non-hydrogen) atoms. The predicted octanol–water partition coefficient (Wildman–Crippen LogP) is 2.79. The zero-order valence-corrected chi connectivity index (χ0v) is 12.6. The highest BCUT2D eigenvalue weighted by atomic mass is 16.1. The molecule has 0 radical (unpaired) electrons. The van der Waals surface area contributed by atoms with E-state index < -0.39 is 0 Å². The largest absolute Gasteiger partial charge is 0.369 e. The minimum Gasteiger partial charge on any atom is -0.369 e. The van der Waals surface area contributed by atoms with Gasteiger partial charge in [0, 0.05) is 0 Å². The summed E-state index contributed by atoms with van der Waals surface area (Å²) in [6.07, 6.45) is 1.68. The summed E-state index contributed by atoms with van der Waals surface area (Å²) in [4.78, 5) is 26.9. The van der Waals surface area contributed by atoms with Gasteiger partial charge < -0.3 is 15.7 Å². The second-order valence-corrected chi connectivity index (χ2v) is 5.29. The first kappa shape index (κ1) is 14.0. The van der Waals surface area contributed by atoms with E-state index in [1.807, 2.05) is 36.4 Å². The fraction of sp³-hybridized carbons (Fsp3) is 0. The van der Waals surface area contributed by atoms with E-state index in [1.165, 1.54) is 0 Å². The maximum absolute atomic E-state index is 12.5. The number of nitrogens with zero attached hydrogens (tertiary/aromatic N) is 2. The van der Waals surface area contributed by atoms with Crippen LogP contribution in [0.3, 0.4) is 0 Å². The number of aromatic nitrogens is 4. The smallest absolute Gasteiger partial charge is 0.260 e. The van der Waals surface area contributed by atoms with Crippen molar-refractivity contribution in [3.63, 3.8) is 0 Å². The van der Waals surface area contributed by atoms with Crippen LogP contribution in [0.5, 0.6) is 0 Å². The summed E-state index contributed by atoms with van der Waals surface area (Å²) in [6.45, 7) is 0. The number of anilines is 2. The summed E-state index contributed by atoms with van der Waals surface area (Å²) in [7, 11) is 0. The normalized spacial score (nSPS) is 10.8. The van der Waals surface area contributed by atoms with E-state index in [1.54, 1.807) is 18.3 Å². The standard InChI is InChI=1S/C17H14N6O/c18-16-20-12-8-4-7-11(14(12)22-16)15(24)23-17-19-9-13(21-17)10-5-2-1-3-6-10/h1-9H,(H3,18,20,22)(H2,19,21,23,24). The van der Waals surface area contributed by atoms with Crippen LogP contribution in [0.4, 0.5) is 11.9 Å². The fourth-order valence-electron chi connectivity index (χ4n) is 2.56. The lowest BCUT2D eigenvalue weighted by atomic mass is 10.2. The Morgan fingerprint density at radius 1 is 1.04 bits per heavy atom. The SMILES string of the molecule is Nc1nc2c(C(=O)Nc3ncc(-c4ccccc4)[nH]3)cccc2[nH]1. The van der Waals surface area contributed by atoms with Crippen molar-refractivity contribution in [3.8, 4) is 11.3 Å². The Hall–Kier alpha value is -3.61. The molecular formula is C17H14N6O. The van der Waals surface area contributed by atoms with E-state index in [2.05, 4.69) is 25.3 Å². The van der Waals surface area contributed by atoms with E-state index in [4.69, 9.17) is 5.73 Å². The molecule has 5 N–H and O–H groups in total. The van der Waals surface area contributed by atoms with Crippen LogP contribution in [0.25, 0.3) is 22.3 Å². The third kappa shape index (κ3) is 2.48. The number of carbonyl (C=O) groups excluding carboxylic acids is 1. The zero-order valence-electron chi connectivity index (χ0n) is 12.6. The molecule has 2 heterocycles. The summed E-state index contributed by atoms with van der Waals surface area (Å²) >= 11 is 0. The van der Waals surface area contributed by atoms with E-state index in [-0.39, 0.29) is 11.9 Å². The van der Waals surface area contributed by atoms with E-state index in [0.717, 1.165) is 11.3 Å². The van der Waals surface area contributed by atoms with Crippen LogP contribution >= 0.6 is 0 Å². The molecule has 2 aromatic heterocycles. The van der Waals surface area contributed by atoms with Gasteiger partial charge in [-0.25, -0.2) is 9.97 Å². The van der Waals surface area contributed by atoms with Crippen molar-refractivity contribution < 1.29 is 4.79 Å². The van der Waals surface area contributed by atoms with Gasteiger partial charge in [0.05, 0.1) is 23.0 Å². The van der Waals surface area contributed by atoms with Crippen LogP contribution in [0.15, 0.2) is 54.7 Å². The molecule has 2 aromatic carbocycles. The lowest BCUT2D eigenvalue weighted by Crippen LogP contribution is -2.13. The zero-order chi connectivity index (χ0) is 16.5. The molecule has 1 amide bonds. The molecule has 118 valence electrons. The Labute approximate surface area is 137 Å². The van der Waals surface area contributed by atoms with E-state index in [9.17, 15) is 4.79 Å². The molecule has 4 rings (SSSR count). The van der Waals surface area contributed by atoms with Gasteiger partial charge in [0.2, 0.25) is 5.95 Å². The first-order chi connectivity index (χ1) is 11.7. The van der Waals surface area contributed by atoms with Crippen LogP contribution in [-0.2, 0) is 0 Å². The third-order valence-electron chi connectivity index (χ3n) is 3.67. The molecule has 0 saturated carbocycles. The van der Waals surface area contributed by atoms with Crippen molar-refractivity contribution >= 4 is 28.8 Å². The number of para-hydroxylation sites is 1. The summed E-state index contributed by atoms with van der Waals surface area (Å²) in [5.41, 5.74) is 9.15. The van der Waals surface area contributed by atoms with Gasteiger partial charge in [-0.05, 0) is 17.7 Å². The number of amides is 1. The topological polar surface area (TPSA) is 112 Å². The molecule has 0 fully saturated rings. The summed E-state index contributed by atoms with van der Waals surface area (Å²) in [5, 5.41) is 2.75. The average Bonchev–Trinajstić information content (AvgIpc) is 3.20. The first-order valence-corrected chi connectivity index (χ1v) is 7.37. The third-order valence-corrected chi connectivity index (χ3v) is 3.67. The van der Waals surface area contributed by atoms with E-state index in [0.29, 0.717) is 22.5 Å². The number of nitrogens with two attached hydrogens (primary N) is 1. The summed E-state index contributed by atoms with van der Waals surface area (Å²) in [5.74, 6) is 0.343. The van der Waals surface area contributed by atoms with Crippen molar-refractivity contribution in [1.29, 1.82) is 0 Å². The van der Waals surface area contributed by atoms with Crippen molar-refractivity contribution in [2.45, 2.75) is 0 Å². The molecule has 0 bridgehead atoms. The highest BCUT2D eigenvalue weighted by molar-refractivity contribution is 6.11. The molecule has 0 unspecified atom stereocenters. The Kier molecular flexibility index (Phi) is 3.24. The maximum atomic E-state index is 12.5. The molecule has 0 aliphatic carbocycles. The number of hydrogen-bond acceptors (Lipinski definition) is 4. The Bertz CT molecular complexity index is 1020. The molecule has 7 nitrogen and oxygen atoms in total. The number of benzene rings is 2. The lowest BCUT2D eigenvalue weighted by molar-refractivity contribution is 0.102. The fourth-order valence-corrected chi connectivity index (χ4v) is 2.56. The van der Waals surface area contributed by atoms with Crippen LogP contribution in [-0.4, -0.2) is 25.8 Å². The summed E-state index contributed by atoms with van der Waals surface area (Å²) in [6, 6.07) is 15.0. The van der Waals surface area contributed by atoms with Gasteiger partial charge >= 0.3 is 0 Å². The Balaban J connectivity index is 1.61. The molecule has 0 spiro atoms. The number of rotatable bonds is 3. The Morgan fingerprint density at radius 2 is 1.88 bits per heavy atom. The number of hydrogen-bond donors (Lipinski definition) is 4. The highest BCUT2D eigenvalue weighted by Crippen LogP contribution is 2.20. The highest BCUT2D eigenvalue weighted by Gasteiger charge is 2.14. The average molecular weight is 318 g/mol. The first-order valence-electron chi connectivity index (χ1n) is 7.37. The minimum absolute atomic E-state index is 0.273. The van der Waals surface area contributed by atoms with Crippen molar-refractivity contribution in [1.82, 2.24) is 19.9 Å². The van der Waals surface area contributed by atoms with Crippen LogP contribution < -0.4 is 11.1 Å². The van der Waals surface area contributed by atoms with E-state index >= 15 is 0 Å². The molecule has 0 aliphatic heterocycles. The van der Waals surface area contributed by atoms with Gasteiger partial charge in [-0.3, -0.25) is 10.1 Å². The minimum atomic E-state index is -0.305. The quantitative estimate of drug-likeness (QED) is 0.465. The Morgan fingerprint density at radius 3 is 2.71 bits per heavy atom. The summed E-state index contributed by atoms with van der Waals surface area (Å²) < 4.78 is 0. The van der Waals surface area contributed by atoms with Crippen molar-refractivity contribution in [2.24, 2.45) is 0 Å². The molecule has 0 aliphatic rings. The number of nitrogens with one attached hydrogen (secondary N) is 3. The number of aromatic amines is 2. The van der Waals surface area contributed by atoms with Gasteiger partial charge in [-0.1, -0.05) is 36.4 Å². The van der Waals surface area contributed by atoms with Gasteiger partial charge in [0.15, 0.2) is 5.95 Å². The van der Waals surface area contributed by atoms with Crippen LogP contribution in [0.2, 0.25) is 0 Å². The molecular weight excluding hydrogens is 304 g/mol. The van der Waals surface area contributed by atoms with Gasteiger partial charge in [0.25, 0.3) is 5.91 Å². The monoisotopic (exact) mass is 318 g/mol. The second-order valence-electron chi connectivity index (χ2n) is 5.29. The van der Waals surface area contributed by atoms with Crippen molar-refractivity contribution in [2.75, 3.05) is 11.1 Å². The van der Waals surface area contributed by atoms with Crippen LogP contribution in [0, 0.1) is 0 Å². The predicted molar refractivity (Wildman–Crippen MR) is 92.5 cm³/mol. The maximum Gasteiger partial charge on any atom is 0.260 e. The van der Waals surface area contributed by atoms with Crippen molar-refractivity contribution in [3.05, 3.63) is 60.3 Å². The number of imidazole rings is 2. The molecule has 0 atom stereocenters. The number of H-pyrrole nitrogens is 2. The van der Waals surface area contributed by atoms with Crippen LogP contribution in [0.1, 0.15) is 10.4 Å². The second kappa shape index (κ2) is 5.54. The number of nitrogen functional groups attached to an aromatic ring is 1. The van der Waals surface area contributed by atoms with Gasteiger partial charge in [-0.2, -0.15) is 0 Å². The molecule has 0 saturated heterocycles. The van der Waals surface area contributed by atoms with Gasteiger partial charge in [-0.15, -0.1) is 0 Å². The molecule has 4 aromatic rings. The number of carbonyl (C=O) groups is 1. The van der Waals surface area contributed by atoms with Gasteiger partial charge in [0.1, 0.15) is 5.52 Å².